The lowest BCUT2D eigenvalue weighted by Crippen LogP contribution is -2.24. The average molecular weight is 353 g/mol. The van der Waals surface area contributed by atoms with Gasteiger partial charge >= 0.3 is 6.18 Å². The van der Waals surface area contributed by atoms with Crippen molar-refractivity contribution in [1.29, 1.82) is 0 Å². The number of hydrogen-bond acceptors (Lipinski definition) is 2. The lowest BCUT2D eigenvalue weighted by atomic mass is 10.1. The molecule has 2 aromatic rings. The molecule has 6 heteroatoms. The summed E-state index contributed by atoms with van der Waals surface area (Å²) in [6.45, 7) is 5.64. The molecule has 0 fully saturated rings. The van der Waals surface area contributed by atoms with Crippen LogP contribution >= 0.6 is 11.8 Å². The van der Waals surface area contributed by atoms with Crippen LogP contribution in [0.5, 0.6) is 0 Å². The lowest BCUT2D eigenvalue weighted by Gasteiger charge is -2.16. The minimum Gasteiger partial charge on any atom is -0.325 e. The quantitative estimate of drug-likeness (QED) is 0.742. The van der Waals surface area contributed by atoms with E-state index in [1.165, 1.54) is 30.0 Å². The number of rotatable bonds is 4. The number of aryl methyl sites for hydroxylation is 2. The average Bonchev–Trinajstić information content (AvgIpc) is 2.50. The highest BCUT2D eigenvalue weighted by molar-refractivity contribution is 8.00. The van der Waals surface area contributed by atoms with Crippen LogP contribution in [-0.4, -0.2) is 11.2 Å². The zero-order valence-corrected chi connectivity index (χ0v) is 14.4. The lowest BCUT2D eigenvalue weighted by molar-refractivity contribution is -0.137. The van der Waals surface area contributed by atoms with Crippen molar-refractivity contribution in [3.05, 3.63) is 59.2 Å². The molecule has 0 saturated carbocycles. The largest absolute Gasteiger partial charge is 0.418 e. The second-order valence-electron chi connectivity index (χ2n) is 5.54. The highest BCUT2D eigenvalue weighted by atomic mass is 32.2. The molecule has 0 saturated heterocycles. The number of thioether (sulfide) groups is 1. The van der Waals surface area contributed by atoms with Gasteiger partial charge in [0, 0.05) is 4.90 Å². The molecule has 24 heavy (non-hydrogen) atoms. The topological polar surface area (TPSA) is 29.1 Å². The number of hydrogen-bond donors (Lipinski definition) is 1. The SMILES string of the molecule is Cc1ccc(S[C@@H](C)C(=O)Nc2ccccc2C(F)(F)F)cc1C. The van der Waals surface area contributed by atoms with Gasteiger partial charge in [-0.25, -0.2) is 0 Å². The van der Waals surface area contributed by atoms with Gasteiger partial charge in [0.15, 0.2) is 0 Å². The summed E-state index contributed by atoms with van der Waals surface area (Å²) in [7, 11) is 0. The first kappa shape index (κ1) is 18.4. The van der Waals surface area contributed by atoms with Crippen molar-refractivity contribution in [3.63, 3.8) is 0 Å². The maximum absolute atomic E-state index is 13.0. The molecule has 0 aromatic heterocycles. The van der Waals surface area contributed by atoms with Crippen molar-refractivity contribution < 1.29 is 18.0 Å². The van der Waals surface area contributed by atoms with E-state index in [0.717, 1.165) is 22.1 Å². The molecule has 0 spiro atoms. The summed E-state index contributed by atoms with van der Waals surface area (Å²) in [5.41, 5.74) is 1.19. The predicted octanol–water partition coefficient (Wildman–Crippen LogP) is 5.44. The van der Waals surface area contributed by atoms with Gasteiger partial charge in [-0.3, -0.25) is 4.79 Å². The summed E-state index contributed by atoms with van der Waals surface area (Å²) >= 11 is 1.31. The van der Waals surface area contributed by atoms with Crippen LogP contribution in [0.3, 0.4) is 0 Å². The molecule has 1 amide bonds. The van der Waals surface area contributed by atoms with Crippen LogP contribution in [0, 0.1) is 13.8 Å². The molecule has 0 heterocycles. The molecule has 0 bridgehead atoms. The van der Waals surface area contributed by atoms with E-state index in [1.807, 2.05) is 32.0 Å². The Balaban J connectivity index is 2.11. The number of nitrogens with one attached hydrogen (secondary N) is 1. The molecule has 0 radical (unpaired) electrons. The van der Waals surface area contributed by atoms with E-state index in [2.05, 4.69) is 5.32 Å². The van der Waals surface area contributed by atoms with Gasteiger partial charge in [-0.1, -0.05) is 18.2 Å². The molecule has 0 aliphatic rings. The van der Waals surface area contributed by atoms with Gasteiger partial charge < -0.3 is 5.32 Å². The Hall–Kier alpha value is -1.95. The highest BCUT2D eigenvalue weighted by Crippen LogP contribution is 2.35. The highest BCUT2D eigenvalue weighted by Gasteiger charge is 2.33. The number of para-hydroxylation sites is 1. The number of benzene rings is 2. The molecule has 0 aliphatic carbocycles. The number of carbonyl (C=O) groups is 1. The Morgan fingerprint density at radius 3 is 2.38 bits per heavy atom. The first-order valence-corrected chi connectivity index (χ1v) is 8.27. The summed E-state index contributed by atoms with van der Waals surface area (Å²) in [5.74, 6) is -0.463. The fourth-order valence-corrected chi connectivity index (χ4v) is 3.08. The third-order valence-electron chi connectivity index (χ3n) is 3.65. The van der Waals surface area contributed by atoms with Gasteiger partial charge in [-0.2, -0.15) is 13.2 Å². The number of carbonyl (C=O) groups excluding carboxylic acids is 1. The molecule has 1 N–H and O–H groups in total. The summed E-state index contributed by atoms with van der Waals surface area (Å²) in [6, 6.07) is 10.8. The molecule has 128 valence electrons. The maximum Gasteiger partial charge on any atom is 0.418 e. The molecule has 2 aromatic carbocycles. The van der Waals surface area contributed by atoms with E-state index in [0.29, 0.717) is 0 Å². The van der Waals surface area contributed by atoms with Crippen LogP contribution in [0.2, 0.25) is 0 Å². The van der Waals surface area contributed by atoms with Crippen molar-refractivity contribution >= 4 is 23.4 Å². The zero-order valence-electron chi connectivity index (χ0n) is 13.6. The molecular weight excluding hydrogens is 335 g/mol. The summed E-state index contributed by atoms with van der Waals surface area (Å²) in [6.07, 6.45) is -4.51. The summed E-state index contributed by atoms with van der Waals surface area (Å²) in [4.78, 5) is 13.2. The molecular formula is C18H18F3NOS. The van der Waals surface area contributed by atoms with Crippen LogP contribution in [0.4, 0.5) is 18.9 Å². The van der Waals surface area contributed by atoms with Crippen LogP contribution in [0.25, 0.3) is 0 Å². The van der Waals surface area contributed by atoms with Gasteiger partial charge in [-0.05, 0) is 56.2 Å². The number of halogens is 3. The van der Waals surface area contributed by atoms with Crippen molar-refractivity contribution in [3.8, 4) is 0 Å². The summed E-state index contributed by atoms with van der Waals surface area (Å²) in [5, 5.41) is 1.86. The van der Waals surface area contributed by atoms with Gasteiger partial charge in [0.25, 0.3) is 0 Å². The fraction of sp³-hybridized carbons (Fsp3) is 0.278. The van der Waals surface area contributed by atoms with E-state index in [1.54, 1.807) is 6.92 Å². The molecule has 2 nitrogen and oxygen atoms in total. The molecule has 2 rings (SSSR count). The second-order valence-corrected chi connectivity index (χ2v) is 6.95. The van der Waals surface area contributed by atoms with E-state index in [-0.39, 0.29) is 5.69 Å². The smallest absolute Gasteiger partial charge is 0.325 e. The number of alkyl halides is 3. The fourth-order valence-electron chi connectivity index (χ4n) is 2.12. The first-order valence-electron chi connectivity index (χ1n) is 7.39. The Labute approximate surface area is 143 Å². The Bertz CT molecular complexity index is 743. The van der Waals surface area contributed by atoms with Crippen molar-refractivity contribution in [2.45, 2.75) is 37.1 Å². The Kier molecular flexibility index (Phi) is 5.59. The Morgan fingerprint density at radius 1 is 1.08 bits per heavy atom. The van der Waals surface area contributed by atoms with Crippen molar-refractivity contribution in [2.24, 2.45) is 0 Å². The maximum atomic E-state index is 13.0. The van der Waals surface area contributed by atoms with Crippen LogP contribution in [-0.2, 0) is 11.0 Å². The first-order chi connectivity index (χ1) is 11.2. The Morgan fingerprint density at radius 2 is 1.75 bits per heavy atom. The molecule has 1 atom stereocenters. The van der Waals surface area contributed by atoms with Crippen molar-refractivity contribution in [1.82, 2.24) is 0 Å². The van der Waals surface area contributed by atoms with Crippen molar-refractivity contribution in [2.75, 3.05) is 5.32 Å². The number of anilines is 1. The monoisotopic (exact) mass is 353 g/mol. The van der Waals surface area contributed by atoms with E-state index >= 15 is 0 Å². The molecule has 0 aliphatic heterocycles. The third kappa shape index (κ3) is 4.54. The third-order valence-corrected chi connectivity index (χ3v) is 4.74. The minimum absolute atomic E-state index is 0.220. The van der Waals surface area contributed by atoms with E-state index in [4.69, 9.17) is 0 Å². The van der Waals surface area contributed by atoms with Crippen LogP contribution < -0.4 is 5.32 Å². The minimum atomic E-state index is -4.51. The molecule has 0 unspecified atom stereocenters. The van der Waals surface area contributed by atoms with E-state index in [9.17, 15) is 18.0 Å². The second kappa shape index (κ2) is 7.30. The van der Waals surface area contributed by atoms with Gasteiger partial charge in [-0.15, -0.1) is 11.8 Å². The normalized spacial score (nSPS) is 12.8. The van der Waals surface area contributed by atoms with Gasteiger partial charge in [0.1, 0.15) is 0 Å². The zero-order chi connectivity index (χ0) is 17.9. The van der Waals surface area contributed by atoms with Crippen LogP contribution in [0.15, 0.2) is 47.4 Å². The van der Waals surface area contributed by atoms with Gasteiger partial charge in [0.05, 0.1) is 16.5 Å². The standard InChI is InChI=1S/C18H18F3NOS/c1-11-8-9-14(10-12(11)2)24-13(3)17(23)22-16-7-5-4-6-15(16)18(19,20)21/h4-10,13H,1-3H3,(H,22,23)/t13-/m0/s1. The van der Waals surface area contributed by atoms with E-state index < -0.39 is 22.9 Å². The van der Waals surface area contributed by atoms with Gasteiger partial charge in [0.2, 0.25) is 5.91 Å². The summed E-state index contributed by atoms with van der Waals surface area (Å²) < 4.78 is 38.9. The van der Waals surface area contributed by atoms with Crippen LogP contribution in [0.1, 0.15) is 23.6 Å². The number of amides is 1. The predicted molar refractivity (Wildman–Crippen MR) is 91.3 cm³/mol.